The minimum atomic E-state index is -3.99. The van der Waals surface area contributed by atoms with E-state index in [-0.39, 0.29) is 0 Å². The van der Waals surface area contributed by atoms with Gasteiger partial charge < -0.3 is 0 Å². The van der Waals surface area contributed by atoms with Gasteiger partial charge in [-0.05, 0) is 0 Å². The van der Waals surface area contributed by atoms with Gasteiger partial charge >= 0.3 is 6.18 Å². The molecular formula is C12H20BF3. The zero-order valence-electron chi connectivity index (χ0n) is 9.89. The molecule has 0 nitrogen and oxygen atoms in total. The molecule has 0 aromatic carbocycles. The van der Waals surface area contributed by atoms with E-state index in [1.807, 2.05) is 0 Å². The molecule has 1 atom stereocenters. The molecule has 2 heterocycles. The molecule has 0 aromatic rings. The largest absolute Gasteiger partial charge is 0.390 e. The SMILES string of the molecule is CC(CB1C2CCCC1CCC2)C(F)(F)F. The van der Waals surface area contributed by atoms with Crippen LogP contribution in [-0.4, -0.2) is 12.9 Å². The fourth-order valence-corrected chi connectivity index (χ4v) is 3.74. The van der Waals surface area contributed by atoms with Gasteiger partial charge in [-0.3, -0.25) is 0 Å². The van der Waals surface area contributed by atoms with Crippen LogP contribution in [0.4, 0.5) is 13.2 Å². The number of rotatable bonds is 2. The Hall–Kier alpha value is -0.145. The van der Waals surface area contributed by atoms with Crippen molar-refractivity contribution in [2.24, 2.45) is 5.92 Å². The number of hydrogen-bond donors (Lipinski definition) is 0. The summed E-state index contributed by atoms with van der Waals surface area (Å²) in [5.74, 6) is 0.0771. The van der Waals surface area contributed by atoms with E-state index in [1.54, 1.807) is 0 Å². The normalized spacial score (nSPS) is 32.6. The number of fused-ring (bicyclic) bond motifs is 2. The molecule has 0 aliphatic carbocycles. The van der Waals surface area contributed by atoms with Gasteiger partial charge in [0.1, 0.15) is 6.71 Å². The van der Waals surface area contributed by atoms with E-state index < -0.39 is 12.1 Å². The van der Waals surface area contributed by atoms with Crippen molar-refractivity contribution < 1.29 is 13.2 Å². The third kappa shape index (κ3) is 2.57. The summed E-state index contributed by atoms with van der Waals surface area (Å²) in [4.78, 5) is 0. The van der Waals surface area contributed by atoms with Crippen LogP contribution in [0, 0.1) is 5.92 Å². The fourth-order valence-electron chi connectivity index (χ4n) is 3.74. The molecule has 2 bridgehead atoms. The Bertz CT molecular complexity index is 217. The highest BCUT2D eigenvalue weighted by Gasteiger charge is 2.44. The number of halogens is 3. The average Bonchev–Trinajstić information content (AvgIpc) is 2.15. The second-order valence-electron chi connectivity index (χ2n) is 5.72. The summed E-state index contributed by atoms with van der Waals surface area (Å²) >= 11 is 0. The van der Waals surface area contributed by atoms with E-state index in [0.717, 1.165) is 0 Å². The van der Waals surface area contributed by atoms with Gasteiger partial charge in [0.15, 0.2) is 0 Å². The van der Waals surface area contributed by atoms with Crippen molar-refractivity contribution in [2.45, 2.75) is 69.6 Å². The lowest BCUT2D eigenvalue weighted by atomic mass is 9.25. The minimum absolute atomic E-state index is 0.360. The van der Waals surface area contributed by atoms with Crippen molar-refractivity contribution >= 4 is 6.71 Å². The van der Waals surface area contributed by atoms with Crippen LogP contribution >= 0.6 is 0 Å². The second kappa shape index (κ2) is 4.62. The first-order valence-corrected chi connectivity index (χ1v) is 6.55. The van der Waals surface area contributed by atoms with Crippen molar-refractivity contribution in [1.82, 2.24) is 0 Å². The van der Waals surface area contributed by atoms with Gasteiger partial charge in [0, 0.05) is 5.92 Å². The number of alkyl halides is 3. The quantitative estimate of drug-likeness (QED) is 0.600. The summed E-state index contributed by atoms with van der Waals surface area (Å²) in [6.07, 6.45) is 3.55. The Morgan fingerprint density at radius 2 is 1.50 bits per heavy atom. The molecular weight excluding hydrogens is 212 g/mol. The van der Waals surface area contributed by atoms with Crippen molar-refractivity contribution in [3.63, 3.8) is 0 Å². The molecule has 16 heavy (non-hydrogen) atoms. The molecule has 2 fully saturated rings. The fraction of sp³-hybridized carbons (Fsp3) is 1.00. The summed E-state index contributed by atoms with van der Waals surface area (Å²) in [6, 6.07) is 0. The zero-order valence-corrected chi connectivity index (χ0v) is 9.89. The summed E-state index contributed by atoms with van der Waals surface area (Å²) in [5.41, 5.74) is 0. The van der Waals surface area contributed by atoms with Crippen molar-refractivity contribution in [3.05, 3.63) is 0 Å². The molecule has 2 rings (SSSR count). The summed E-state index contributed by atoms with van der Waals surface area (Å²) in [6.45, 7) is 1.71. The smallest absolute Gasteiger partial charge is 0.171 e. The lowest BCUT2D eigenvalue weighted by molar-refractivity contribution is -0.164. The van der Waals surface area contributed by atoms with Gasteiger partial charge in [-0.2, -0.15) is 13.2 Å². The molecule has 2 aliphatic heterocycles. The van der Waals surface area contributed by atoms with E-state index in [4.69, 9.17) is 0 Å². The van der Waals surface area contributed by atoms with Crippen LogP contribution in [0.2, 0.25) is 18.0 Å². The van der Waals surface area contributed by atoms with Gasteiger partial charge in [-0.1, -0.05) is 63.4 Å². The molecule has 0 saturated carbocycles. The van der Waals surface area contributed by atoms with Crippen molar-refractivity contribution in [2.75, 3.05) is 0 Å². The first-order chi connectivity index (χ1) is 7.48. The van der Waals surface area contributed by atoms with E-state index in [0.29, 0.717) is 24.7 Å². The van der Waals surface area contributed by atoms with Crippen LogP contribution < -0.4 is 0 Å². The minimum Gasteiger partial charge on any atom is -0.171 e. The molecule has 0 radical (unpaired) electrons. The van der Waals surface area contributed by atoms with E-state index in [1.165, 1.54) is 45.4 Å². The summed E-state index contributed by atoms with van der Waals surface area (Å²) in [5, 5.41) is 0. The van der Waals surface area contributed by atoms with Gasteiger partial charge in [0.25, 0.3) is 0 Å². The van der Waals surface area contributed by atoms with Crippen LogP contribution in [-0.2, 0) is 0 Å². The third-order valence-corrected chi connectivity index (χ3v) is 4.70. The average molecular weight is 232 g/mol. The lowest BCUT2D eigenvalue weighted by Gasteiger charge is -2.41. The van der Waals surface area contributed by atoms with Gasteiger partial charge in [0.05, 0.1) is 0 Å². The molecule has 0 amide bonds. The molecule has 1 unspecified atom stereocenters. The molecule has 0 aromatic heterocycles. The molecule has 0 N–H and O–H groups in total. The van der Waals surface area contributed by atoms with Gasteiger partial charge in [-0.25, -0.2) is 0 Å². The molecule has 2 saturated heterocycles. The van der Waals surface area contributed by atoms with Crippen LogP contribution in [0.1, 0.15) is 45.4 Å². The molecule has 92 valence electrons. The van der Waals surface area contributed by atoms with E-state index in [2.05, 4.69) is 0 Å². The predicted octanol–water partition coefficient (Wildman–Crippen LogP) is 4.79. The molecule has 0 spiro atoms. The maximum atomic E-state index is 12.6. The Kier molecular flexibility index (Phi) is 3.55. The highest BCUT2D eigenvalue weighted by molar-refractivity contribution is 6.62. The standard InChI is InChI=1S/C12H20BF3/c1-9(12(14,15)16)8-13-10-4-2-5-11(13)7-3-6-10/h9-11H,2-8H2,1H3. The van der Waals surface area contributed by atoms with Crippen LogP contribution in [0.5, 0.6) is 0 Å². The van der Waals surface area contributed by atoms with Crippen LogP contribution in [0.15, 0.2) is 0 Å². The lowest BCUT2D eigenvalue weighted by Crippen LogP contribution is -2.38. The Balaban J connectivity index is 1.98. The highest BCUT2D eigenvalue weighted by Crippen LogP contribution is 2.49. The molecule has 2 aliphatic rings. The van der Waals surface area contributed by atoms with E-state index >= 15 is 0 Å². The Morgan fingerprint density at radius 1 is 1.06 bits per heavy atom. The topological polar surface area (TPSA) is 0 Å². The van der Waals surface area contributed by atoms with Crippen LogP contribution in [0.25, 0.3) is 0 Å². The first-order valence-electron chi connectivity index (χ1n) is 6.55. The monoisotopic (exact) mass is 232 g/mol. The first kappa shape index (κ1) is 12.3. The molecule has 4 heteroatoms. The predicted molar refractivity (Wildman–Crippen MR) is 61.0 cm³/mol. The highest BCUT2D eigenvalue weighted by atomic mass is 19.4. The maximum absolute atomic E-state index is 12.6. The van der Waals surface area contributed by atoms with E-state index in [9.17, 15) is 13.2 Å². The van der Waals surface area contributed by atoms with Crippen LogP contribution in [0.3, 0.4) is 0 Å². The zero-order chi connectivity index (χ0) is 11.8. The Labute approximate surface area is 96.1 Å². The Morgan fingerprint density at radius 3 is 1.88 bits per heavy atom. The van der Waals surface area contributed by atoms with Gasteiger partial charge in [-0.15, -0.1) is 0 Å². The summed E-state index contributed by atoms with van der Waals surface area (Å²) in [7, 11) is 0. The third-order valence-electron chi connectivity index (χ3n) is 4.70. The second-order valence-corrected chi connectivity index (χ2v) is 5.72. The maximum Gasteiger partial charge on any atom is 0.390 e. The number of hydrogen-bond acceptors (Lipinski definition) is 0. The van der Waals surface area contributed by atoms with Gasteiger partial charge in [0.2, 0.25) is 0 Å². The van der Waals surface area contributed by atoms with Crippen molar-refractivity contribution in [1.29, 1.82) is 0 Å². The summed E-state index contributed by atoms with van der Waals surface area (Å²) < 4.78 is 37.7. The van der Waals surface area contributed by atoms with Crippen molar-refractivity contribution in [3.8, 4) is 0 Å².